The second kappa shape index (κ2) is 5.30. The average molecular weight is 357 g/mol. The number of rotatable bonds is 3. The summed E-state index contributed by atoms with van der Waals surface area (Å²) < 4.78 is 2.00. The van der Waals surface area contributed by atoms with Gasteiger partial charge in [-0.05, 0) is 48.1 Å². The number of allylic oxidation sites excluding steroid dienone is 5. The molecule has 6 heteroatoms. The average Bonchev–Trinajstić information content (AvgIpc) is 3.08. The monoisotopic (exact) mass is 356 g/mol. The lowest BCUT2D eigenvalue weighted by molar-refractivity contribution is 0.758. The molecular formula is C18H14Cl2N4. The fourth-order valence-corrected chi connectivity index (χ4v) is 3.86. The van der Waals surface area contributed by atoms with Gasteiger partial charge in [0.2, 0.25) is 0 Å². The van der Waals surface area contributed by atoms with Gasteiger partial charge in [-0.2, -0.15) is 0 Å². The topological polar surface area (TPSA) is 42.5 Å². The van der Waals surface area contributed by atoms with Crippen LogP contribution in [0.1, 0.15) is 24.2 Å². The molecule has 1 saturated carbocycles. The number of aliphatic imine (C=N–C) groups is 1. The number of halogens is 2. The highest BCUT2D eigenvalue weighted by Crippen LogP contribution is 2.36. The van der Waals surface area contributed by atoms with Crippen molar-refractivity contribution in [3.05, 3.63) is 58.7 Å². The minimum atomic E-state index is -0.245. The number of pyridine rings is 1. The zero-order chi connectivity index (χ0) is 16.3. The maximum Gasteiger partial charge on any atom is 0.180 e. The summed E-state index contributed by atoms with van der Waals surface area (Å²) in [6.45, 7) is 0. The molecule has 0 bridgehead atoms. The molecule has 1 unspecified atom stereocenters. The molecule has 120 valence electrons. The fraction of sp³-hybridized carbons (Fsp3) is 0.278. The summed E-state index contributed by atoms with van der Waals surface area (Å²) in [6, 6.07) is 2.02. The molecule has 0 radical (unpaired) electrons. The van der Waals surface area contributed by atoms with E-state index in [-0.39, 0.29) is 5.38 Å². The molecule has 1 aliphatic heterocycles. The van der Waals surface area contributed by atoms with Crippen LogP contribution in [0.25, 0.3) is 11.2 Å². The van der Waals surface area contributed by atoms with Crippen molar-refractivity contribution in [1.29, 1.82) is 0 Å². The molecule has 0 amide bonds. The Morgan fingerprint density at radius 2 is 2.08 bits per heavy atom. The van der Waals surface area contributed by atoms with Crippen molar-refractivity contribution < 1.29 is 0 Å². The summed E-state index contributed by atoms with van der Waals surface area (Å²) in [6.07, 6.45) is 13.3. The van der Waals surface area contributed by atoms with Crippen molar-refractivity contribution >= 4 is 40.1 Å². The highest BCUT2D eigenvalue weighted by molar-refractivity contribution is 6.39. The standard InChI is InChI=1S/C18H14Cl2N4/c19-14-9-12(8-11-3-5-21-17(11)14)13-4-6-24-15(7-10-1-2-10)22-23-18(24)16(13)20/h3-6,8-10,14H,1-2,7H2. The smallest absolute Gasteiger partial charge is 0.180 e. The van der Waals surface area contributed by atoms with Gasteiger partial charge in [0.1, 0.15) is 5.82 Å². The maximum absolute atomic E-state index is 6.65. The number of alkyl halides is 1. The maximum atomic E-state index is 6.65. The molecule has 3 heterocycles. The van der Waals surface area contributed by atoms with Crippen molar-refractivity contribution in [3.8, 4) is 0 Å². The van der Waals surface area contributed by atoms with E-state index in [0.717, 1.165) is 40.6 Å². The lowest BCUT2D eigenvalue weighted by Gasteiger charge is -2.17. The third kappa shape index (κ3) is 2.25. The number of fused-ring (bicyclic) bond motifs is 2. The summed E-state index contributed by atoms with van der Waals surface area (Å²) in [7, 11) is 0. The molecule has 0 N–H and O–H groups in total. The highest BCUT2D eigenvalue weighted by Gasteiger charge is 2.26. The first kappa shape index (κ1) is 14.4. The fourth-order valence-electron chi connectivity index (χ4n) is 3.24. The zero-order valence-electron chi connectivity index (χ0n) is 12.8. The number of hydrogen-bond donors (Lipinski definition) is 0. The minimum absolute atomic E-state index is 0.245. The van der Waals surface area contributed by atoms with Crippen molar-refractivity contribution in [2.45, 2.75) is 24.6 Å². The van der Waals surface area contributed by atoms with Gasteiger partial charge in [0.05, 0.1) is 16.1 Å². The minimum Gasteiger partial charge on any atom is -0.285 e. The molecule has 1 fully saturated rings. The van der Waals surface area contributed by atoms with Gasteiger partial charge in [0, 0.05) is 24.4 Å². The van der Waals surface area contributed by atoms with Crippen LogP contribution < -0.4 is 0 Å². The van der Waals surface area contributed by atoms with Gasteiger partial charge in [0.25, 0.3) is 0 Å². The first-order valence-electron chi connectivity index (χ1n) is 8.05. The summed E-state index contributed by atoms with van der Waals surface area (Å²) in [5, 5.41) is 9.00. The molecule has 24 heavy (non-hydrogen) atoms. The second-order valence-electron chi connectivity index (χ2n) is 6.45. The van der Waals surface area contributed by atoms with Crippen molar-refractivity contribution in [1.82, 2.24) is 14.6 Å². The summed E-state index contributed by atoms with van der Waals surface area (Å²) >= 11 is 13.1. The summed E-state index contributed by atoms with van der Waals surface area (Å²) in [5.41, 5.74) is 4.56. The molecule has 0 saturated heterocycles. The van der Waals surface area contributed by atoms with Crippen LogP contribution in [0.15, 0.2) is 47.3 Å². The van der Waals surface area contributed by atoms with E-state index < -0.39 is 0 Å². The molecule has 1 atom stereocenters. The Balaban J connectivity index is 1.59. The molecule has 2 aromatic heterocycles. The van der Waals surface area contributed by atoms with Gasteiger partial charge in [0.15, 0.2) is 5.65 Å². The second-order valence-corrected chi connectivity index (χ2v) is 7.30. The van der Waals surface area contributed by atoms with E-state index in [2.05, 4.69) is 21.3 Å². The van der Waals surface area contributed by atoms with Crippen LogP contribution in [0.3, 0.4) is 0 Å². The van der Waals surface area contributed by atoms with Crippen LogP contribution in [-0.2, 0) is 6.42 Å². The van der Waals surface area contributed by atoms with E-state index in [1.54, 1.807) is 6.20 Å². The zero-order valence-corrected chi connectivity index (χ0v) is 14.3. The van der Waals surface area contributed by atoms with Crippen molar-refractivity contribution in [3.63, 3.8) is 0 Å². The van der Waals surface area contributed by atoms with Crippen LogP contribution >= 0.6 is 23.2 Å². The van der Waals surface area contributed by atoms with Gasteiger partial charge in [-0.1, -0.05) is 17.7 Å². The molecular weight excluding hydrogens is 343 g/mol. The predicted molar refractivity (Wildman–Crippen MR) is 96.7 cm³/mol. The lowest BCUT2D eigenvalue weighted by Crippen LogP contribution is -2.16. The third-order valence-corrected chi connectivity index (χ3v) is 5.44. The van der Waals surface area contributed by atoms with Crippen LogP contribution in [-0.4, -0.2) is 25.7 Å². The van der Waals surface area contributed by atoms with Crippen molar-refractivity contribution in [2.24, 2.45) is 10.9 Å². The van der Waals surface area contributed by atoms with Gasteiger partial charge < -0.3 is 0 Å². The normalized spacial score (nSPS) is 22.4. The van der Waals surface area contributed by atoms with E-state index in [1.807, 2.05) is 28.8 Å². The Hall–Kier alpha value is -1.91. The summed E-state index contributed by atoms with van der Waals surface area (Å²) in [4.78, 5) is 4.31. The Morgan fingerprint density at radius 1 is 1.21 bits per heavy atom. The lowest BCUT2D eigenvalue weighted by atomic mass is 9.94. The van der Waals surface area contributed by atoms with E-state index in [9.17, 15) is 0 Å². The Kier molecular flexibility index (Phi) is 3.19. The molecule has 3 aliphatic rings. The quantitative estimate of drug-likeness (QED) is 0.772. The van der Waals surface area contributed by atoms with Crippen LogP contribution in [0.4, 0.5) is 0 Å². The van der Waals surface area contributed by atoms with Crippen LogP contribution in [0.2, 0.25) is 5.02 Å². The molecule has 5 rings (SSSR count). The molecule has 0 spiro atoms. The molecule has 0 aromatic carbocycles. The Labute approximate surface area is 149 Å². The van der Waals surface area contributed by atoms with Gasteiger partial charge >= 0.3 is 0 Å². The van der Waals surface area contributed by atoms with E-state index in [0.29, 0.717) is 10.7 Å². The van der Waals surface area contributed by atoms with Gasteiger partial charge in [-0.3, -0.25) is 9.39 Å². The first-order chi connectivity index (χ1) is 11.7. The largest absolute Gasteiger partial charge is 0.285 e. The first-order valence-corrected chi connectivity index (χ1v) is 8.87. The SMILES string of the molecule is Clc1c(C2=CC(Cl)C3=NC=CC3=C2)ccn2c(CC3CC3)nnc12. The predicted octanol–water partition coefficient (Wildman–Crippen LogP) is 4.23. The molecule has 2 aromatic rings. The van der Waals surface area contributed by atoms with E-state index in [4.69, 9.17) is 23.2 Å². The molecule has 4 nitrogen and oxygen atoms in total. The third-order valence-electron chi connectivity index (χ3n) is 4.73. The highest BCUT2D eigenvalue weighted by atomic mass is 35.5. The summed E-state index contributed by atoms with van der Waals surface area (Å²) in [5.74, 6) is 1.74. The van der Waals surface area contributed by atoms with Gasteiger partial charge in [-0.25, -0.2) is 0 Å². The van der Waals surface area contributed by atoms with E-state index >= 15 is 0 Å². The Bertz CT molecular complexity index is 976. The van der Waals surface area contributed by atoms with Gasteiger partial charge in [-0.15, -0.1) is 21.8 Å². The van der Waals surface area contributed by atoms with E-state index in [1.165, 1.54) is 12.8 Å². The van der Waals surface area contributed by atoms with Crippen LogP contribution in [0.5, 0.6) is 0 Å². The van der Waals surface area contributed by atoms with Crippen molar-refractivity contribution in [2.75, 3.05) is 0 Å². The number of hydrogen-bond acceptors (Lipinski definition) is 3. The Morgan fingerprint density at radius 3 is 2.92 bits per heavy atom. The number of aromatic nitrogens is 3. The number of nitrogens with zero attached hydrogens (tertiary/aromatic N) is 4. The van der Waals surface area contributed by atoms with Crippen LogP contribution in [0, 0.1) is 5.92 Å². The molecule has 2 aliphatic carbocycles.